The second kappa shape index (κ2) is 5.35. The number of hydrogen-bond acceptors (Lipinski definition) is 4. The van der Waals surface area contributed by atoms with Gasteiger partial charge in [0.1, 0.15) is 11.6 Å². The van der Waals surface area contributed by atoms with Gasteiger partial charge in [0.15, 0.2) is 0 Å². The Morgan fingerprint density at radius 1 is 1.53 bits per heavy atom. The Balaban J connectivity index is 2.71. The van der Waals surface area contributed by atoms with E-state index in [2.05, 4.69) is 5.32 Å². The molecule has 1 unspecified atom stereocenters. The third-order valence-electron chi connectivity index (χ3n) is 2.28. The van der Waals surface area contributed by atoms with Crippen LogP contribution in [0, 0.1) is 0 Å². The van der Waals surface area contributed by atoms with Crippen LogP contribution >= 0.6 is 0 Å². The monoisotopic (exact) mass is 244 g/mol. The Morgan fingerprint density at radius 2 is 2.18 bits per heavy atom. The average molecular weight is 244 g/mol. The fourth-order valence-corrected chi connectivity index (χ4v) is 1.58. The summed E-state index contributed by atoms with van der Waals surface area (Å²) in [5.41, 5.74) is -0.567. The maximum atomic E-state index is 11.9. The van der Waals surface area contributed by atoms with Gasteiger partial charge in [0.2, 0.25) is 5.91 Å². The molecule has 0 aromatic rings. The Hall–Kier alpha value is -1.30. The van der Waals surface area contributed by atoms with E-state index in [1.54, 1.807) is 20.8 Å². The predicted octanol–water partition coefficient (Wildman–Crippen LogP) is 0.368. The van der Waals surface area contributed by atoms with Crippen molar-refractivity contribution in [3.05, 3.63) is 0 Å². The van der Waals surface area contributed by atoms with Crippen molar-refractivity contribution >= 4 is 12.0 Å². The van der Waals surface area contributed by atoms with Crippen LogP contribution in [-0.2, 0) is 14.3 Å². The highest BCUT2D eigenvalue weighted by atomic mass is 16.6. The maximum absolute atomic E-state index is 11.9. The van der Waals surface area contributed by atoms with Crippen LogP contribution < -0.4 is 5.32 Å². The Labute approximate surface area is 101 Å². The number of nitrogens with zero attached hydrogens (tertiary/aromatic N) is 1. The van der Waals surface area contributed by atoms with Crippen LogP contribution in [0.3, 0.4) is 0 Å². The zero-order chi connectivity index (χ0) is 13.1. The van der Waals surface area contributed by atoms with Crippen LogP contribution in [0.5, 0.6) is 0 Å². The van der Waals surface area contributed by atoms with E-state index in [9.17, 15) is 9.59 Å². The molecular formula is C11H20N2O4. The van der Waals surface area contributed by atoms with Crippen molar-refractivity contribution < 1.29 is 19.1 Å². The summed E-state index contributed by atoms with van der Waals surface area (Å²) >= 11 is 0. The highest BCUT2D eigenvalue weighted by Crippen LogP contribution is 2.13. The van der Waals surface area contributed by atoms with Crippen molar-refractivity contribution in [1.82, 2.24) is 10.2 Å². The number of ether oxygens (including phenoxy) is 2. The molecule has 0 aromatic heterocycles. The molecule has 1 N–H and O–H groups in total. The molecule has 1 heterocycles. The number of amides is 2. The van der Waals surface area contributed by atoms with Gasteiger partial charge in [0, 0.05) is 20.2 Å². The normalized spacial score (nSPS) is 21.1. The zero-order valence-electron chi connectivity index (χ0n) is 10.8. The minimum atomic E-state index is -0.608. The average Bonchev–Trinajstić information content (AvgIpc) is 2.18. The number of piperazine rings is 1. The number of carbonyl (C=O) groups excluding carboxylic acids is 2. The Bertz CT molecular complexity index is 298. The van der Waals surface area contributed by atoms with Crippen LogP contribution in [0.4, 0.5) is 4.79 Å². The van der Waals surface area contributed by atoms with E-state index in [4.69, 9.17) is 9.47 Å². The van der Waals surface area contributed by atoms with Crippen molar-refractivity contribution in [2.24, 2.45) is 0 Å². The van der Waals surface area contributed by atoms with Gasteiger partial charge >= 0.3 is 6.09 Å². The minimum absolute atomic E-state index is 0.172. The van der Waals surface area contributed by atoms with Crippen molar-refractivity contribution in [3.63, 3.8) is 0 Å². The van der Waals surface area contributed by atoms with Crippen molar-refractivity contribution in [2.75, 3.05) is 26.8 Å². The molecule has 6 heteroatoms. The Kier molecular flexibility index (Phi) is 4.34. The van der Waals surface area contributed by atoms with Gasteiger partial charge in [-0.25, -0.2) is 4.79 Å². The van der Waals surface area contributed by atoms with Gasteiger partial charge in [0.05, 0.1) is 6.61 Å². The lowest BCUT2D eigenvalue weighted by molar-refractivity contribution is -0.131. The van der Waals surface area contributed by atoms with Gasteiger partial charge in [0.25, 0.3) is 0 Å². The van der Waals surface area contributed by atoms with Crippen LogP contribution in [0.1, 0.15) is 20.8 Å². The quantitative estimate of drug-likeness (QED) is 0.762. The fourth-order valence-electron chi connectivity index (χ4n) is 1.58. The lowest BCUT2D eigenvalue weighted by Crippen LogP contribution is -2.59. The molecule has 17 heavy (non-hydrogen) atoms. The van der Waals surface area contributed by atoms with Crippen molar-refractivity contribution in [3.8, 4) is 0 Å². The maximum Gasteiger partial charge on any atom is 0.411 e. The fraction of sp³-hybridized carbons (Fsp3) is 0.818. The molecule has 1 fully saturated rings. The number of nitrogens with one attached hydrogen (secondary N) is 1. The van der Waals surface area contributed by atoms with Crippen LogP contribution in [0.25, 0.3) is 0 Å². The number of hydrogen-bond donors (Lipinski definition) is 1. The number of methoxy groups -OCH3 is 1. The van der Waals surface area contributed by atoms with E-state index < -0.39 is 17.7 Å². The molecule has 0 saturated carbocycles. The molecule has 1 aliphatic rings. The highest BCUT2D eigenvalue weighted by molar-refractivity contribution is 5.87. The lowest BCUT2D eigenvalue weighted by Gasteiger charge is -2.35. The SMILES string of the molecule is COCC1C(=O)NCCN1C(=O)OC(C)(C)C. The Morgan fingerprint density at radius 3 is 2.71 bits per heavy atom. The third kappa shape index (κ3) is 3.89. The molecule has 0 spiro atoms. The molecule has 1 atom stereocenters. The standard InChI is InChI=1S/C11H20N2O4/c1-11(2,3)17-10(15)13-6-5-12-9(14)8(13)7-16-4/h8H,5-7H2,1-4H3,(H,12,14). The summed E-state index contributed by atoms with van der Waals surface area (Å²) in [6.07, 6.45) is -0.477. The van der Waals surface area contributed by atoms with Crippen LogP contribution in [-0.4, -0.2) is 55.3 Å². The van der Waals surface area contributed by atoms with Gasteiger partial charge in [-0.05, 0) is 20.8 Å². The smallest absolute Gasteiger partial charge is 0.411 e. The molecule has 0 bridgehead atoms. The molecular weight excluding hydrogens is 224 g/mol. The first kappa shape index (κ1) is 13.8. The van der Waals surface area contributed by atoms with Gasteiger partial charge in [-0.15, -0.1) is 0 Å². The lowest BCUT2D eigenvalue weighted by atomic mass is 10.2. The number of carbonyl (C=O) groups is 2. The van der Waals surface area contributed by atoms with Gasteiger partial charge in [-0.2, -0.15) is 0 Å². The summed E-state index contributed by atoms with van der Waals surface area (Å²) in [5.74, 6) is -0.205. The second-order valence-electron chi connectivity index (χ2n) is 4.94. The first-order valence-corrected chi connectivity index (χ1v) is 5.61. The molecule has 2 amide bonds. The molecule has 6 nitrogen and oxygen atoms in total. The summed E-state index contributed by atoms with van der Waals surface area (Å²) in [5, 5.41) is 2.70. The van der Waals surface area contributed by atoms with Gasteiger partial charge in [-0.3, -0.25) is 9.69 Å². The van der Waals surface area contributed by atoms with Gasteiger partial charge in [-0.1, -0.05) is 0 Å². The molecule has 0 aromatic carbocycles. The summed E-state index contributed by atoms with van der Waals surface area (Å²) in [7, 11) is 1.50. The molecule has 98 valence electrons. The highest BCUT2D eigenvalue weighted by Gasteiger charge is 2.35. The second-order valence-corrected chi connectivity index (χ2v) is 4.94. The van der Waals surface area contributed by atoms with Crippen molar-refractivity contribution in [1.29, 1.82) is 0 Å². The minimum Gasteiger partial charge on any atom is -0.444 e. The van der Waals surface area contributed by atoms with Crippen LogP contribution in [0.15, 0.2) is 0 Å². The first-order chi connectivity index (χ1) is 7.85. The molecule has 1 saturated heterocycles. The van der Waals surface area contributed by atoms with E-state index in [0.29, 0.717) is 13.1 Å². The van der Waals surface area contributed by atoms with E-state index in [1.807, 2.05) is 0 Å². The summed E-state index contributed by atoms with van der Waals surface area (Å²) in [6, 6.07) is -0.608. The summed E-state index contributed by atoms with van der Waals surface area (Å²) in [6.45, 7) is 6.43. The molecule has 1 aliphatic heterocycles. The van der Waals surface area contributed by atoms with Crippen LogP contribution in [0.2, 0.25) is 0 Å². The van der Waals surface area contributed by atoms with Gasteiger partial charge < -0.3 is 14.8 Å². The van der Waals surface area contributed by atoms with E-state index in [0.717, 1.165) is 0 Å². The predicted molar refractivity (Wildman–Crippen MR) is 61.6 cm³/mol. The zero-order valence-corrected chi connectivity index (χ0v) is 10.8. The molecule has 0 radical (unpaired) electrons. The molecule has 0 aliphatic carbocycles. The van der Waals surface area contributed by atoms with E-state index in [1.165, 1.54) is 12.0 Å². The molecule has 1 rings (SSSR count). The summed E-state index contributed by atoms with van der Waals surface area (Å²) < 4.78 is 10.2. The van der Waals surface area contributed by atoms with E-state index in [-0.39, 0.29) is 12.5 Å². The first-order valence-electron chi connectivity index (χ1n) is 5.61. The van der Waals surface area contributed by atoms with E-state index >= 15 is 0 Å². The van der Waals surface area contributed by atoms with Crippen molar-refractivity contribution in [2.45, 2.75) is 32.4 Å². The topological polar surface area (TPSA) is 67.9 Å². The number of rotatable bonds is 2. The largest absolute Gasteiger partial charge is 0.444 e. The third-order valence-corrected chi connectivity index (χ3v) is 2.28. The summed E-state index contributed by atoms with van der Waals surface area (Å²) in [4.78, 5) is 24.9.